The van der Waals surface area contributed by atoms with Crippen LogP contribution in [-0.4, -0.2) is 24.5 Å². The van der Waals surface area contributed by atoms with E-state index in [2.05, 4.69) is 5.32 Å². The zero-order chi connectivity index (χ0) is 19.3. The van der Waals surface area contributed by atoms with E-state index in [0.29, 0.717) is 29.7 Å². The van der Waals surface area contributed by atoms with E-state index in [9.17, 15) is 19.5 Å². The third-order valence-corrected chi connectivity index (χ3v) is 4.13. The number of rotatable bonds is 8. The molecule has 7 heteroatoms. The molecule has 0 aliphatic carbocycles. The van der Waals surface area contributed by atoms with Crippen molar-refractivity contribution in [2.45, 2.75) is 46.1 Å². The van der Waals surface area contributed by atoms with Crippen LogP contribution >= 0.6 is 0 Å². The Balaban J connectivity index is 2.16. The molecule has 0 saturated heterocycles. The average Bonchev–Trinajstić information content (AvgIpc) is 2.60. The summed E-state index contributed by atoms with van der Waals surface area (Å²) in [6, 6.07) is 3.90. The molecule has 2 rings (SSSR count). The number of hydrogen-bond acceptors (Lipinski definition) is 6. The Morgan fingerprint density at radius 1 is 1.31 bits per heavy atom. The van der Waals surface area contributed by atoms with E-state index in [1.54, 1.807) is 19.1 Å². The van der Waals surface area contributed by atoms with Crippen LogP contribution < -0.4 is 20.8 Å². The first-order valence-corrected chi connectivity index (χ1v) is 8.56. The zero-order valence-corrected chi connectivity index (χ0v) is 15.1. The third kappa shape index (κ3) is 4.41. The smallest absolute Gasteiger partial charge is 0.336 e. The molecular weight excluding hydrogens is 338 g/mol. The molecule has 0 radical (unpaired) electrons. The summed E-state index contributed by atoms with van der Waals surface area (Å²) in [4.78, 5) is 34.6. The number of carboxylic acids is 1. The van der Waals surface area contributed by atoms with Gasteiger partial charge in [-0.15, -0.1) is 0 Å². The third-order valence-electron chi connectivity index (χ3n) is 4.13. The first-order valence-electron chi connectivity index (χ1n) is 8.56. The van der Waals surface area contributed by atoms with Crippen molar-refractivity contribution < 1.29 is 23.8 Å². The highest BCUT2D eigenvalue weighted by Gasteiger charge is 2.15. The van der Waals surface area contributed by atoms with Crippen LogP contribution in [0.3, 0.4) is 0 Å². The quantitative estimate of drug-likeness (QED) is 0.706. The van der Waals surface area contributed by atoms with Crippen LogP contribution in [0.4, 0.5) is 0 Å². The predicted octanol–water partition coefficient (Wildman–Crippen LogP) is 1.08. The first kappa shape index (κ1) is 19.5. The van der Waals surface area contributed by atoms with Gasteiger partial charge in [-0.25, -0.2) is 4.79 Å². The lowest BCUT2D eigenvalue weighted by Crippen LogP contribution is -2.49. The summed E-state index contributed by atoms with van der Waals surface area (Å²) in [7, 11) is 0. The van der Waals surface area contributed by atoms with E-state index in [0.717, 1.165) is 10.9 Å². The van der Waals surface area contributed by atoms with Crippen molar-refractivity contribution in [2.75, 3.05) is 6.61 Å². The Labute approximate surface area is 151 Å². The van der Waals surface area contributed by atoms with Crippen molar-refractivity contribution in [1.82, 2.24) is 5.32 Å². The van der Waals surface area contributed by atoms with Crippen LogP contribution in [0, 0.1) is 6.92 Å². The van der Waals surface area contributed by atoms with Gasteiger partial charge in [0.1, 0.15) is 11.3 Å². The molecule has 7 nitrogen and oxygen atoms in total. The minimum atomic E-state index is -1.32. The van der Waals surface area contributed by atoms with Crippen molar-refractivity contribution in [3.63, 3.8) is 0 Å². The van der Waals surface area contributed by atoms with Gasteiger partial charge in [0.05, 0.1) is 12.0 Å². The van der Waals surface area contributed by atoms with Gasteiger partial charge >= 0.3 is 5.63 Å². The van der Waals surface area contributed by atoms with E-state index in [4.69, 9.17) is 9.15 Å². The molecule has 0 spiro atoms. The highest BCUT2D eigenvalue weighted by atomic mass is 16.5. The molecule has 140 valence electrons. The average molecular weight is 360 g/mol. The number of aliphatic carboxylic acids is 1. The second-order valence-corrected chi connectivity index (χ2v) is 6.03. The largest absolute Gasteiger partial charge is 0.548 e. The van der Waals surface area contributed by atoms with Crippen LogP contribution in [0.25, 0.3) is 11.0 Å². The number of aryl methyl sites for hydroxylation is 2. The van der Waals surface area contributed by atoms with Gasteiger partial charge in [0.25, 0.3) is 5.91 Å². The van der Waals surface area contributed by atoms with Crippen molar-refractivity contribution in [2.24, 2.45) is 0 Å². The van der Waals surface area contributed by atoms with Gasteiger partial charge in [0, 0.05) is 17.0 Å². The maximum Gasteiger partial charge on any atom is 0.336 e. The standard InChI is InChI=1S/C19H23NO6/c1-4-6-14(19(23)24)20-16(21)10-25-15-8-7-13-12(5-2)9-17(22)26-18(13)11(15)3/h7-9,14H,4-6,10H2,1-3H3,(H,20,21)(H,23,24)/p-1/t14-/m1/s1. The molecular formula is C19H22NO6-. The Bertz CT molecular complexity index is 870. The van der Waals surface area contributed by atoms with Crippen LogP contribution in [-0.2, 0) is 16.0 Å². The number of hydrogen-bond donors (Lipinski definition) is 1. The predicted molar refractivity (Wildman–Crippen MR) is 93.9 cm³/mol. The second kappa shape index (κ2) is 8.51. The molecule has 0 saturated carbocycles. The summed E-state index contributed by atoms with van der Waals surface area (Å²) in [5.41, 5.74) is 1.46. The molecule has 2 aromatic rings. The minimum absolute atomic E-state index is 0.286. The number of nitrogens with one attached hydrogen (secondary N) is 1. The molecule has 0 aliphatic heterocycles. The van der Waals surface area contributed by atoms with Crippen molar-refractivity contribution in [3.05, 3.63) is 39.7 Å². The van der Waals surface area contributed by atoms with Crippen molar-refractivity contribution in [1.29, 1.82) is 0 Å². The Hall–Kier alpha value is -2.83. The Kier molecular flexibility index (Phi) is 6.38. The minimum Gasteiger partial charge on any atom is -0.548 e. The van der Waals surface area contributed by atoms with Crippen LogP contribution in [0.1, 0.15) is 37.8 Å². The highest BCUT2D eigenvalue weighted by Crippen LogP contribution is 2.28. The van der Waals surface area contributed by atoms with Crippen LogP contribution in [0.5, 0.6) is 5.75 Å². The number of benzene rings is 1. The van der Waals surface area contributed by atoms with Gasteiger partial charge in [-0.05, 0) is 37.5 Å². The lowest BCUT2D eigenvalue weighted by molar-refractivity contribution is -0.308. The summed E-state index contributed by atoms with van der Waals surface area (Å²) >= 11 is 0. The zero-order valence-electron chi connectivity index (χ0n) is 15.1. The van der Waals surface area contributed by atoms with Gasteiger partial charge in [-0.3, -0.25) is 4.79 Å². The summed E-state index contributed by atoms with van der Waals surface area (Å²) in [5, 5.41) is 14.2. The first-order chi connectivity index (χ1) is 12.4. The molecule has 1 amide bonds. The summed E-state index contributed by atoms with van der Waals surface area (Å²) < 4.78 is 10.8. The molecule has 1 N–H and O–H groups in total. The topological polar surface area (TPSA) is 109 Å². The highest BCUT2D eigenvalue weighted by molar-refractivity contribution is 5.86. The van der Waals surface area contributed by atoms with E-state index >= 15 is 0 Å². The lowest BCUT2D eigenvalue weighted by Gasteiger charge is -2.19. The number of carbonyl (C=O) groups excluding carboxylic acids is 2. The molecule has 1 heterocycles. The molecule has 1 aromatic heterocycles. The molecule has 0 fully saturated rings. The van der Waals surface area contributed by atoms with Gasteiger partial charge < -0.3 is 24.4 Å². The van der Waals surface area contributed by atoms with Gasteiger partial charge in [-0.1, -0.05) is 20.3 Å². The molecule has 1 atom stereocenters. The second-order valence-electron chi connectivity index (χ2n) is 6.03. The number of fused-ring (bicyclic) bond motifs is 1. The fraction of sp³-hybridized carbons (Fsp3) is 0.421. The van der Waals surface area contributed by atoms with Crippen LogP contribution in [0.15, 0.2) is 27.4 Å². The summed E-state index contributed by atoms with van der Waals surface area (Å²) in [5.74, 6) is -1.49. The normalized spacial score (nSPS) is 12.0. The Morgan fingerprint density at radius 3 is 2.65 bits per heavy atom. The SMILES string of the molecule is CCC[C@@H](NC(=O)COc1ccc2c(CC)cc(=O)oc2c1C)C(=O)[O-]. The van der Waals surface area contributed by atoms with Crippen molar-refractivity contribution >= 4 is 22.8 Å². The summed E-state index contributed by atoms with van der Waals surface area (Å²) in [6.45, 7) is 5.15. The number of amides is 1. The monoisotopic (exact) mass is 360 g/mol. The van der Waals surface area contributed by atoms with Crippen molar-refractivity contribution in [3.8, 4) is 5.75 Å². The molecule has 0 unspecified atom stereocenters. The van der Waals surface area contributed by atoms with Gasteiger partial charge in [-0.2, -0.15) is 0 Å². The lowest BCUT2D eigenvalue weighted by atomic mass is 10.0. The molecule has 0 aliphatic rings. The maximum atomic E-state index is 11.9. The van der Waals surface area contributed by atoms with Crippen LogP contribution in [0.2, 0.25) is 0 Å². The fourth-order valence-corrected chi connectivity index (χ4v) is 2.77. The maximum absolute atomic E-state index is 11.9. The fourth-order valence-electron chi connectivity index (χ4n) is 2.77. The van der Waals surface area contributed by atoms with E-state index in [-0.39, 0.29) is 13.0 Å². The van der Waals surface area contributed by atoms with Gasteiger partial charge in [0.2, 0.25) is 0 Å². The van der Waals surface area contributed by atoms with Gasteiger partial charge in [0.15, 0.2) is 6.61 Å². The summed E-state index contributed by atoms with van der Waals surface area (Å²) in [6.07, 6.45) is 1.57. The number of ether oxygens (including phenoxy) is 1. The van der Waals surface area contributed by atoms with E-state index in [1.165, 1.54) is 6.07 Å². The number of carbonyl (C=O) groups is 2. The molecule has 1 aromatic carbocycles. The molecule has 26 heavy (non-hydrogen) atoms. The number of carboxylic acid groups (broad SMARTS) is 1. The Morgan fingerprint density at radius 2 is 2.04 bits per heavy atom. The van der Waals surface area contributed by atoms with E-state index < -0.39 is 23.5 Å². The molecule has 0 bridgehead atoms. The van der Waals surface area contributed by atoms with E-state index in [1.807, 2.05) is 13.8 Å².